The fraction of sp³-hybridized carbons (Fsp3) is 0.267. The van der Waals surface area contributed by atoms with Crippen LogP contribution < -0.4 is 4.74 Å². The van der Waals surface area contributed by atoms with Crippen molar-refractivity contribution in [3.63, 3.8) is 0 Å². The molecular weight excluding hydrogens is 398 g/mol. The molecule has 3 rings (SSSR count). The number of thiazole rings is 1. The third-order valence-corrected chi connectivity index (χ3v) is 5.52. The van der Waals surface area contributed by atoms with Gasteiger partial charge in [0.15, 0.2) is 0 Å². The van der Waals surface area contributed by atoms with E-state index in [1.165, 1.54) is 11.8 Å². The zero-order chi connectivity index (χ0) is 16.4. The van der Waals surface area contributed by atoms with Gasteiger partial charge in [-0.25, -0.2) is 4.98 Å². The number of aromatic nitrogens is 3. The number of nitrogens with zero attached hydrogens (tertiary/aromatic N) is 3. The Kier molecular flexibility index (Phi) is 5.03. The summed E-state index contributed by atoms with van der Waals surface area (Å²) in [6.45, 7) is 3.91. The first-order chi connectivity index (χ1) is 11.1. The standard InChI is InChI=1S/C15H14BrN3O2S2/c1-8-13(23-9(2)17-8)14-18-19-15(21-14)22-7-10-6-11(16)4-5-12(10)20-3/h4-6H,7H2,1-3H3. The van der Waals surface area contributed by atoms with Gasteiger partial charge in [0.05, 0.1) is 17.8 Å². The highest BCUT2D eigenvalue weighted by molar-refractivity contribution is 9.10. The number of ether oxygens (including phenoxy) is 1. The Morgan fingerprint density at radius 2 is 2.13 bits per heavy atom. The van der Waals surface area contributed by atoms with Crippen LogP contribution in [0.25, 0.3) is 10.8 Å². The van der Waals surface area contributed by atoms with E-state index in [1.807, 2.05) is 32.0 Å². The first-order valence-corrected chi connectivity index (χ1v) is 9.39. The lowest BCUT2D eigenvalue weighted by Gasteiger charge is -2.07. The molecule has 120 valence electrons. The van der Waals surface area contributed by atoms with E-state index < -0.39 is 0 Å². The minimum absolute atomic E-state index is 0.525. The minimum atomic E-state index is 0.525. The molecule has 0 saturated heterocycles. The highest BCUT2D eigenvalue weighted by Crippen LogP contribution is 2.33. The van der Waals surface area contributed by atoms with Crippen LogP contribution in [-0.2, 0) is 5.75 Å². The van der Waals surface area contributed by atoms with Crippen molar-refractivity contribution in [3.05, 3.63) is 38.9 Å². The van der Waals surface area contributed by atoms with Gasteiger partial charge in [0.25, 0.3) is 11.1 Å². The number of methoxy groups -OCH3 is 1. The molecule has 0 saturated carbocycles. The number of hydrogen-bond acceptors (Lipinski definition) is 7. The van der Waals surface area contributed by atoms with Crippen molar-refractivity contribution in [1.29, 1.82) is 0 Å². The van der Waals surface area contributed by atoms with Crippen LogP contribution in [0.2, 0.25) is 0 Å². The second-order valence-corrected chi connectivity index (χ2v) is 7.81. The Bertz CT molecular complexity index is 832. The van der Waals surface area contributed by atoms with E-state index >= 15 is 0 Å². The molecule has 0 fully saturated rings. The molecule has 3 aromatic rings. The Labute approximate surface area is 150 Å². The quantitative estimate of drug-likeness (QED) is 0.557. The van der Waals surface area contributed by atoms with Crippen LogP contribution in [0, 0.1) is 13.8 Å². The molecule has 2 aromatic heterocycles. The van der Waals surface area contributed by atoms with E-state index in [2.05, 4.69) is 31.1 Å². The molecule has 8 heteroatoms. The summed E-state index contributed by atoms with van der Waals surface area (Å²) in [7, 11) is 1.66. The summed E-state index contributed by atoms with van der Waals surface area (Å²) in [6.07, 6.45) is 0. The monoisotopic (exact) mass is 411 g/mol. The Morgan fingerprint density at radius 1 is 1.30 bits per heavy atom. The summed E-state index contributed by atoms with van der Waals surface area (Å²) in [5.74, 6) is 2.05. The fourth-order valence-corrected chi connectivity index (χ4v) is 4.08. The summed E-state index contributed by atoms with van der Waals surface area (Å²) >= 11 is 6.52. The van der Waals surface area contributed by atoms with Crippen LogP contribution in [0.4, 0.5) is 0 Å². The van der Waals surface area contributed by atoms with E-state index in [4.69, 9.17) is 9.15 Å². The molecule has 23 heavy (non-hydrogen) atoms. The van der Waals surface area contributed by atoms with Crippen molar-refractivity contribution < 1.29 is 9.15 Å². The topological polar surface area (TPSA) is 61.0 Å². The second kappa shape index (κ2) is 7.02. The van der Waals surface area contributed by atoms with E-state index in [1.54, 1.807) is 18.4 Å². The largest absolute Gasteiger partial charge is 0.496 e. The average Bonchev–Trinajstić information content (AvgIpc) is 3.11. The van der Waals surface area contributed by atoms with Gasteiger partial charge in [0.1, 0.15) is 10.6 Å². The molecule has 5 nitrogen and oxygen atoms in total. The number of thioether (sulfide) groups is 1. The molecule has 0 atom stereocenters. The fourth-order valence-electron chi connectivity index (χ4n) is 2.09. The molecule has 0 aliphatic heterocycles. The summed E-state index contributed by atoms with van der Waals surface area (Å²) in [4.78, 5) is 5.32. The van der Waals surface area contributed by atoms with Gasteiger partial charge in [-0.2, -0.15) is 0 Å². The molecule has 0 aliphatic carbocycles. The van der Waals surface area contributed by atoms with E-state index in [0.717, 1.165) is 31.4 Å². The molecule has 0 radical (unpaired) electrons. The van der Waals surface area contributed by atoms with Crippen LogP contribution in [0.1, 0.15) is 16.3 Å². The lowest BCUT2D eigenvalue weighted by molar-refractivity contribution is 0.411. The predicted molar refractivity (Wildman–Crippen MR) is 95.1 cm³/mol. The lowest BCUT2D eigenvalue weighted by atomic mass is 10.2. The molecule has 0 spiro atoms. The second-order valence-electron chi connectivity index (χ2n) is 4.77. The highest BCUT2D eigenvalue weighted by atomic mass is 79.9. The Balaban J connectivity index is 1.75. The first kappa shape index (κ1) is 16.5. The molecule has 0 unspecified atom stereocenters. The number of benzene rings is 1. The molecule has 0 amide bonds. The molecule has 2 heterocycles. The Hall–Kier alpha value is -1.38. The zero-order valence-corrected chi connectivity index (χ0v) is 16.0. The molecule has 1 aromatic carbocycles. The van der Waals surface area contributed by atoms with Gasteiger partial charge >= 0.3 is 0 Å². The van der Waals surface area contributed by atoms with Gasteiger partial charge in [-0.3, -0.25) is 0 Å². The summed E-state index contributed by atoms with van der Waals surface area (Å²) in [6, 6.07) is 5.91. The summed E-state index contributed by atoms with van der Waals surface area (Å²) in [5.41, 5.74) is 1.98. The maximum absolute atomic E-state index is 5.75. The van der Waals surface area contributed by atoms with Crippen molar-refractivity contribution >= 4 is 39.0 Å². The first-order valence-electron chi connectivity index (χ1n) is 6.80. The van der Waals surface area contributed by atoms with Crippen molar-refractivity contribution in [3.8, 4) is 16.5 Å². The van der Waals surface area contributed by atoms with Gasteiger partial charge < -0.3 is 9.15 Å². The van der Waals surface area contributed by atoms with E-state index in [-0.39, 0.29) is 0 Å². The predicted octanol–water partition coefficient (Wildman–Crippen LogP) is 4.87. The van der Waals surface area contributed by atoms with Crippen molar-refractivity contribution in [2.45, 2.75) is 24.8 Å². The van der Waals surface area contributed by atoms with Gasteiger partial charge in [0, 0.05) is 15.8 Å². The zero-order valence-electron chi connectivity index (χ0n) is 12.8. The van der Waals surface area contributed by atoms with Crippen molar-refractivity contribution in [1.82, 2.24) is 15.2 Å². The summed E-state index contributed by atoms with van der Waals surface area (Å²) in [5, 5.41) is 9.76. The number of halogens is 1. The van der Waals surface area contributed by atoms with Gasteiger partial charge in [-0.1, -0.05) is 27.7 Å². The highest BCUT2D eigenvalue weighted by Gasteiger charge is 2.15. The average molecular weight is 412 g/mol. The third-order valence-electron chi connectivity index (χ3n) is 3.10. The van der Waals surface area contributed by atoms with E-state index in [0.29, 0.717) is 16.9 Å². The maximum Gasteiger partial charge on any atom is 0.277 e. The Morgan fingerprint density at radius 3 is 2.83 bits per heavy atom. The van der Waals surface area contributed by atoms with Crippen LogP contribution in [0.15, 0.2) is 32.3 Å². The minimum Gasteiger partial charge on any atom is -0.496 e. The maximum atomic E-state index is 5.75. The smallest absolute Gasteiger partial charge is 0.277 e. The lowest BCUT2D eigenvalue weighted by Crippen LogP contribution is -1.90. The van der Waals surface area contributed by atoms with Crippen LogP contribution >= 0.6 is 39.0 Å². The van der Waals surface area contributed by atoms with Gasteiger partial charge in [-0.05, 0) is 32.0 Å². The molecule has 0 N–H and O–H groups in total. The van der Waals surface area contributed by atoms with Crippen LogP contribution in [-0.4, -0.2) is 22.3 Å². The van der Waals surface area contributed by atoms with Gasteiger partial charge in [0.2, 0.25) is 0 Å². The SMILES string of the molecule is COc1ccc(Br)cc1CSc1nnc(-c2sc(C)nc2C)o1. The van der Waals surface area contributed by atoms with Crippen molar-refractivity contribution in [2.24, 2.45) is 0 Å². The number of aryl methyl sites for hydroxylation is 2. The van der Waals surface area contributed by atoms with Crippen LogP contribution in [0.3, 0.4) is 0 Å². The van der Waals surface area contributed by atoms with Gasteiger partial charge in [-0.15, -0.1) is 21.5 Å². The normalized spacial score (nSPS) is 11.0. The van der Waals surface area contributed by atoms with Crippen LogP contribution in [0.5, 0.6) is 5.75 Å². The summed E-state index contributed by atoms with van der Waals surface area (Å²) < 4.78 is 12.1. The molecule has 0 bridgehead atoms. The molecular formula is C15H14BrN3O2S2. The number of rotatable bonds is 5. The number of hydrogen-bond donors (Lipinski definition) is 0. The third kappa shape index (κ3) is 3.76. The van der Waals surface area contributed by atoms with Crippen molar-refractivity contribution in [2.75, 3.05) is 7.11 Å². The molecule has 0 aliphatic rings. The van der Waals surface area contributed by atoms with E-state index in [9.17, 15) is 0 Å².